The first kappa shape index (κ1) is 12.0. The SMILES string of the molecule is Nc1ccc(NCC2CCCC2O)c(I)c1. The maximum Gasteiger partial charge on any atom is 0.0585 e. The van der Waals surface area contributed by atoms with Gasteiger partial charge in [-0.25, -0.2) is 0 Å². The third-order valence-corrected chi connectivity index (χ3v) is 4.06. The Hall–Kier alpha value is -0.490. The Morgan fingerprint density at radius 1 is 1.44 bits per heavy atom. The highest BCUT2D eigenvalue weighted by molar-refractivity contribution is 14.1. The largest absolute Gasteiger partial charge is 0.399 e. The molecule has 3 nitrogen and oxygen atoms in total. The zero-order valence-electron chi connectivity index (χ0n) is 9.12. The molecule has 1 saturated carbocycles. The molecule has 0 amide bonds. The molecule has 88 valence electrons. The van der Waals surface area contributed by atoms with E-state index in [1.165, 1.54) is 0 Å². The summed E-state index contributed by atoms with van der Waals surface area (Å²) in [5, 5.41) is 13.1. The topological polar surface area (TPSA) is 58.3 Å². The fraction of sp³-hybridized carbons (Fsp3) is 0.500. The van der Waals surface area contributed by atoms with E-state index in [4.69, 9.17) is 5.73 Å². The quantitative estimate of drug-likeness (QED) is 0.589. The van der Waals surface area contributed by atoms with Crippen LogP contribution in [0.5, 0.6) is 0 Å². The van der Waals surface area contributed by atoms with E-state index in [2.05, 4.69) is 27.9 Å². The van der Waals surface area contributed by atoms with Gasteiger partial charge in [-0.2, -0.15) is 0 Å². The van der Waals surface area contributed by atoms with E-state index in [0.29, 0.717) is 5.92 Å². The summed E-state index contributed by atoms with van der Waals surface area (Å²) in [6.07, 6.45) is 3.09. The van der Waals surface area contributed by atoms with Gasteiger partial charge in [-0.3, -0.25) is 0 Å². The average molecular weight is 332 g/mol. The molecule has 2 unspecified atom stereocenters. The first-order chi connectivity index (χ1) is 7.66. The van der Waals surface area contributed by atoms with Gasteiger partial charge in [-0.1, -0.05) is 6.42 Å². The number of benzene rings is 1. The molecular weight excluding hydrogens is 315 g/mol. The number of rotatable bonds is 3. The lowest BCUT2D eigenvalue weighted by atomic mass is 10.1. The third kappa shape index (κ3) is 2.79. The van der Waals surface area contributed by atoms with Crippen LogP contribution in [0.4, 0.5) is 11.4 Å². The van der Waals surface area contributed by atoms with Gasteiger partial charge in [0.05, 0.1) is 6.10 Å². The van der Waals surface area contributed by atoms with Gasteiger partial charge in [0.15, 0.2) is 0 Å². The minimum atomic E-state index is -0.126. The van der Waals surface area contributed by atoms with Crippen LogP contribution >= 0.6 is 22.6 Å². The van der Waals surface area contributed by atoms with E-state index in [9.17, 15) is 5.11 Å². The summed E-state index contributed by atoms with van der Waals surface area (Å²) in [5.74, 6) is 0.397. The Morgan fingerprint density at radius 3 is 2.88 bits per heavy atom. The molecule has 0 radical (unpaired) electrons. The molecular formula is C12H17IN2O. The van der Waals surface area contributed by atoms with Gasteiger partial charge in [-0.05, 0) is 53.6 Å². The van der Waals surface area contributed by atoms with Crippen molar-refractivity contribution in [3.8, 4) is 0 Å². The standard InChI is InChI=1S/C12H17IN2O/c13-10-6-9(14)4-5-11(10)15-7-8-2-1-3-12(8)16/h4-6,8,12,15-16H,1-3,7,14H2. The van der Waals surface area contributed by atoms with E-state index in [1.54, 1.807) is 0 Å². The minimum absolute atomic E-state index is 0.126. The molecule has 1 fully saturated rings. The number of aliphatic hydroxyl groups is 1. The third-order valence-electron chi connectivity index (χ3n) is 3.17. The Labute approximate surface area is 110 Å². The number of halogens is 1. The van der Waals surface area contributed by atoms with Gasteiger partial charge in [-0.15, -0.1) is 0 Å². The Morgan fingerprint density at radius 2 is 2.25 bits per heavy atom. The van der Waals surface area contributed by atoms with Crippen LogP contribution in [0.1, 0.15) is 19.3 Å². The number of hydrogen-bond donors (Lipinski definition) is 3. The van der Waals surface area contributed by atoms with Crippen molar-refractivity contribution in [2.24, 2.45) is 5.92 Å². The summed E-state index contributed by atoms with van der Waals surface area (Å²) in [7, 11) is 0. The van der Waals surface area contributed by atoms with Crippen molar-refractivity contribution in [2.45, 2.75) is 25.4 Å². The second kappa shape index (κ2) is 5.23. The van der Waals surface area contributed by atoms with Crippen LogP contribution in [0.3, 0.4) is 0 Å². The molecule has 0 saturated heterocycles. The highest BCUT2D eigenvalue weighted by atomic mass is 127. The average Bonchev–Trinajstić information content (AvgIpc) is 2.63. The Balaban J connectivity index is 1.94. The summed E-state index contributed by atoms with van der Waals surface area (Å²) in [6, 6.07) is 5.85. The fourth-order valence-corrected chi connectivity index (χ4v) is 2.90. The lowest BCUT2D eigenvalue weighted by Gasteiger charge is -2.16. The van der Waals surface area contributed by atoms with E-state index in [0.717, 1.165) is 40.8 Å². The van der Waals surface area contributed by atoms with Gasteiger partial charge in [0, 0.05) is 27.4 Å². The summed E-state index contributed by atoms with van der Waals surface area (Å²) in [6.45, 7) is 0.848. The van der Waals surface area contributed by atoms with E-state index in [1.807, 2.05) is 18.2 Å². The smallest absolute Gasteiger partial charge is 0.0585 e. The molecule has 2 atom stereocenters. The van der Waals surface area contributed by atoms with Crippen LogP contribution in [-0.2, 0) is 0 Å². The van der Waals surface area contributed by atoms with Crippen LogP contribution in [0.25, 0.3) is 0 Å². The second-order valence-corrected chi connectivity index (χ2v) is 5.54. The maximum absolute atomic E-state index is 9.72. The number of nitrogens with one attached hydrogen (secondary N) is 1. The first-order valence-electron chi connectivity index (χ1n) is 5.64. The summed E-state index contributed by atoms with van der Waals surface area (Å²) in [4.78, 5) is 0. The number of nitrogen functional groups attached to an aromatic ring is 1. The molecule has 0 bridgehead atoms. The Kier molecular flexibility index (Phi) is 3.91. The predicted octanol–water partition coefficient (Wildman–Crippen LogP) is 2.45. The van der Waals surface area contributed by atoms with Gasteiger partial charge in [0.25, 0.3) is 0 Å². The van der Waals surface area contributed by atoms with E-state index in [-0.39, 0.29) is 6.10 Å². The zero-order chi connectivity index (χ0) is 11.5. The van der Waals surface area contributed by atoms with Gasteiger partial charge in [0.1, 0.15) is 0 Å². The molecule has 0 aliphatic heterocycles. The fourth-order valence-electron chi connectivity index (χ4n) is 2.17. The number of hydrogen-bond acceptors (Lipinski definition) is 3. The van der Waals surface area contributed by atoms with Crippen LogP contribution in [0.2, 0.25) is 0 Å². The maximum atomic E-state index is 9.72. The second-order valence-electron chi connectivity index (χ2n) is 4.38. The van der Waals surface area contributed by atoms with Crippen molar-refractivity contribution < 1.29 is 5.11 Å². The zero-order valence-corrected chi connectivity index (χ0v) is 11.3. The van der Waals surface area contributed by atoms with Crippen LogP contribution in [-0.4, -0.2) is 17.8 Å². The van der Waals surface area contributed by atoms with Crippen LogP contribution in [0, 0.1) is 9.49 Å². The van der Waals surface area contributed by atoms with Crippen LogP contribution in [0.15, 0.2) is 18.2 Å². The number of nitrogens with two attached hydrogens (primary N) is 1. The highest BCUT2D eigenvalue weighted by Crippen LogP contribution is 2.27. The lowest BCUT2D eigenvalue weighted by molar-refractivity contribution is 0.138. The molecule has 1 aliphatic rings. The highest BCUT2D eigenvalue weighted by Gasteiger charge is 2.24. The van der Waals surface area contributed by atoms with Gasteiger partial charge in [0.2, 0.25) is 0 Å². The normalized spacial score (nSPS) is 24.6. The summed E-state index contributed by atoms with van der Waals surface area (Å²) >= 11 is 2.27. The van der Waals surface area contributed by atoms with Crippen molar-refractivity contribution >= 4 is 34.0 Å². The number of anilines is 2. The minimum Gasteiger partial charge on any atom is -0.399 e. The number of aliphatic hydroxyl groups excluding tert-OH is 1. The van der Waals surface area contributed by atoms with Crippen molar-refractivity contribution in [1.82, 2.24) is 0 Å². The monoisotopic (exact) mass is 332 g/mol. The van der Waals surface area contributed by atoms with Crippen LogP contribution < -0.4 is 11.1 Å². The van der Waals surface area contributed by atoms with E-state index < -0.39 is 0 Å². The molecule has 1 aromatic rings. The summed E-state index contributed by atoms with van der Waals surface area (Å²) in [5.41, 5.74) is 7.59. The van der Waals surface area contributed by atoms with Crippen molar-refractivity contribution in [2.75, 3.05) is 17.6 Å². The first-order valence-corrected chi connectivity index (χ1v) is 6.71. The van der Waals surface area contributed by atoms with Gasteiger partial charge < -0.3 is 16.2 Å². The molecule has 0 aromatic heterocycles. The molecule has 1 aliphatic carbocycles. The summed E-state index contributed by atoms with van der Waals surface area (Å²) < 4.78 is 1.13. The molecule has 4 N–H and O–H groups in total. The predicted molar refractivity (Wildman–Crippen MR) is 75.4 cm³/mol. The van der Waals surface area contributed by atoms with E-state index >= 15 is 0 Å². The molecule has 1 aromatic carbocycles. The molecule has 2 rings (SSSR count). The molecule has 4 heteroatoms. The molecule has 0 heterocycles. The molecule has 0 spiro atoms. The van der Waals surface area contributed by atoms with Crippen molar-refractivity contribution in [3.63, 3.8) is 0 Å². The molecule has 16 heavy (non-hydrogen) atoms. The lowest BCUT2D eigenvalue weighted by Crippen LogP contribution is -2.22. The van der Waals surface area contributed by atoms with Crippen molar-refractivity contribution in [3.05, 3.63) is 21.8 Å². The Bertz CT molecular complexity index is 370. The van der Waals surface area contributed by atoms with Gasteiger partial charge >= 0.3 is 0 Å². The van der Waals surface area contributed by atoms with Crippen molar-refractivity contribution in [1.29, 1.82) is 0 Å².